The molecule has 78 valence electrons. The van der Waals surface area contributed by atoms with Crippen LogP contribution in [0, 0.1) is 25.2 Å². The van der Waals surface area contributed by atoms with Crippen LogP contribution < -0.4 is 0 Å². The summed E-state index contributed by atoms with van der Waals surface area (Å²) in [7, 11) is 0. The predicted molar refractivity (Wildman–Crippen MR) is 61.1 cm³/mol. The minimum absolute atomic E-state index is 0.715. The summed E-state index contributed by atoms with van der Waals surface area (Å²) in [5.74, 6) is 0. The van der Waals surface area contributed by atoms with Crippen LogP contribution in [0.3, 0.4) is 0 Å². The highest BCUT2D eigenvalue weighted by Gasteiger charge is 1.95. The molecule has 0 radical (unpaired) electrons. The number of aromatic nitrogens is 1. The fourth-order valence-corrected chi connectivity index (χ4v) is 0.749. The van der Waals surface area contributed by atoms with Gasteiger partial charge in [-0.25, -0.2) is 0 Å². The Kier molecular flexibility index (Phi) is 10.5. The highest BCUT2D eigenvalue weighted by atomic mass is 14.7. The number of hydrogen-bond donors (Lipinski definition) is 0. The van der Waals surface area contributed by atoms with Gasteiger partial charge in [0.1, 0.15) is 0 Å². The number of hydrogen-bond acceptors (Lipinski definition) is 2. The zero-order chi connectivity index (χ0) is 11.6. The smallest absolute Gasteiger partial charge is 0.0995 e. The van der Waals surface area contributed by atoms with Gasteiger partial charge >= 0.3 is 0 Å². The summed E-state index contributed by atoms with van der Waals surface area (Å²) in [6, 6.07) is 3.88. The second-order valence-electron chi connectivity index (χ2n) is 2.25. The first-order valence-electron chi connectivity index (χ1n) is 5.07. The zero-order valence-corrected chi connectivity index (χ0v) is 10.0. The predicted octanol–water partition coefficient (Wildman–Crippen LogP) is 3.62. The Morgan fingerprint density at radius 1 is 1.14 bits per heavy atom. The van der Waals surface area contributed by atoms with Crippen LogP contribution in [-0.2, 0) is 0 Å². The molecule has 0 unspecified atom stereocenters. The van der Waals surface area contributed by atoms with Crippen molar-refractivity contribution in [2.24, 2.45) is 0 Å². The molecule has 2 nitrogen and oxygen atoms in total. The van der Waals surface area contributed by atoms with Crippen molar-refractivity contribution in [2.75, 3.05) is 0 Å². The molecule has 0 aliphatic heterocycles. The van der Waals surface area contributed by atoms with Crippen LogP contribution >= 0.6 is 0 Å². The van der Waals surface area contributed by atoms with Crippen LogP contribution in [0.2, 0.25) is 0 Å². The van der Waals surface area contributed by atoms with Crippen molar-refractivity contribution < 1.29 is 0 Å². The van der Waals surface area contributed by atoms with Gasteiger partial charge in [0.05, 0.1) is 11.6 Å². The van der Waals surface area contributed by atoms with Gasteiger partial charge in [-0.2, -0.15) is 5.26 Å². The van der Waals surface area contributed by atoms with Crippen molar-refractivity contribution in [3.63, 3.8) is 0 Å². The van der Waals surface area contributed by atoms with E-state index in [-0.39, 0.29) is 0 Å². The van der Waals surface area contributed by atoms with Gasteiger partial charge in [0.25, 0.3) is 0 Å². The standard InChI is InChI=1S/C8H8N2.2C2H6/c1-6-5-10-7(2)3-8(6)4-9;2*1-2/h3,5H,1-2H3;2*1-2H3. The summed E-state index contributed by atoms with van der Waals surface area (Å²) in [6.07, 6.45) is 1.72. The maximum absolute atomic E-state index is 8.57. The summed E-state index contributed by atoms with van der Waals surface area (Å²) < 4.78 is 0. The van der Waals surface area contributed by atoms with Crippen molar-refractivity contribution in [3.8, 4) is 6.07 Å². The molecule has 14 heavy (non-hydrogen) atoms. The van der Waals surface area contributed by atoms with Crippen molar-refractivity contribution in [2.45, 2.75) is 41.5 Å². The lowest BCUT2D eigenvalue weighted by molar-refractivity contribution is 1.16. The normalized spacial score (nSPS) is 7.21. The molecule has 0 N–H and O–H groups in total. The van der Waals surface area contributed by atoms with Crippen molar-refractivity contribution in [1.29, 1.82) is 5.26 Å². The SMILES string of the molecule is CC.CC.Cc1cc(C#N)c(C)cn1. The summed E-state index contributed by atoms with van der Waals surface area (Å²) in [6.45, 7) is 11.8. The van der Waals surface area contributed by atoms with Gasteiger partial charge < -0.3 is 0 Å². The van der Waals surface area contributed by atoms with E-state index < -0.39 is 0 Å². The van der Waals surface area contributed by atoms with Crippen LogP contribution in [0.15, 0.2) is 12.3 Å². The molecule has 1 heterocycles. The van der Waals surface area contributed by atoms with Gasteiger partial charge in [0.2, 0.25) is 0 Å². The third-order valence-corrected chi connectivity index (χ3v) is 1.36. The topological polar surface area (TPSA) is 36.7 Å². The molecule has 0 saturated carbocycles. The van der Waals surface area contributed by atoms with Crippen LogP contribution in [0.4, 0.5) is 0 Å². The van der Waals surface area contributed by atoms with Gasteiger partial charge in [0, 0.05) is 11.9 Å². The molecular formula is C12H20N2. The van der Waals surface area contributed by atoms with Crippen LogP contribution in [-0.4, -0.2) is 4.98 Å². The van der Waals surface area contributed by atoms with Gasteiger partial charge in [-0.05, 0) is 25.5 Å². The molecule has 0 spiro atoms. The van der Waals surface area contributed by atoms with E-state index in [1.165, 1.54) is 0 Å². The first kappa shape index (κ1) is 15.1. The number of aryl methyl sites for hydroxylation is 2. The maximum Gasteiger partial charge on any atom is 0.0995 e. The molecule has 1 aromatic rings. The molecule has 1 rings (SSSR count). The van der Waals surface area contributed by atoms with E-state index >= 15 is 0 Å². The Hall–Kier alpha value is -1.36. The second-order valence-corrected chi connectivity index (χ2v) is 2.25. The Morgan fingerprint density at radius 3 is 2.00 bits per heavy atom. The lowest BCUT2D eigenvalue weighted by Crippen LogP contribution is -1.86. The molecule has 0 atom stereocenters. The van der Waals surface area contributed by atoms with Crippen molar-refractivity contribution in [3.05, 3.63) is 29.1 Å². The zero-order valence-electron chi connectivity index (χ0n) is 10.0. The summed E-state index contributed by atoms with van der Waals surface area (Å²) in [4.78, 5) is 4.04. The molecule has 0 aliphatic carbocycles. The van der Waals surface area contributed by atoms with Crippen LogP contribution in [0.1, 0.15) is 44.5 Å². The second kappa shape index (κ2) is 9.73. The summed E-state index contributed by atoms with van der Waals surface area (Å²) >= 11 is 0. The molecule has 0 aromatic carbocycles. The lowest BCUT2D eigenvalue weighted by atomic mass is 10.1. The monoisotopic (exact) mass is 192 g/mol. The minimum atomic E-state index is 0.715. The average molecular weight is 192 g/mol. The van der Waals surface area contributed by atoms with Crippen LogP contribution in [0.5, 0.6) is 0 Å². The maximum atomic E-state index is 8.57. The molecular weight excluding hydrogens is 172 g/mol. The Bertz CT molecular complexity index is 285. The first-order valence-corrected chi connectivity index (χ1v) is 5.07. The van der Waals surface area contributed by atoms with E-state index in [2.05, 4.69) is 11.1 Å². The van der Waals surface area contributed by atoms with E-state index in [1.807, 2.05) is 41.5 Å². The van der Waals surface area contributed by atoms with Crippen molar-refractivity contribution >= 4 is 0 Å². The van der Waals surface area contributed by atoms with E-state index in [0.29, 0.717) is 5.56 Å². The molecule has 0 fully saturated rings. The Morgan fingerprint density at radius 2 is 1.64 bits per heavy atom. The van der Waals surface area contributed by atoms with E-state index in [9.17, 15) is 0 Å². The van der Waals surface area contributed by atoms with Crippen molar-refractivity contribution in [1.82, 2.24) is 4.98 Å². The van der Waals surface area contributed by atoms with Gasteiger partial charge in [-0.1, -0.05) is 27.7 Å². The largest absolute Gasteiger partial charge is 0.261 e. The van der Waals surface area contributed by atoms with Gasteiger partial charge in [0.15, 0.2) is 0 Å². The quantitative estimate of drug-likeness (QED) is 0.629. The number of pyridine rings is 1. The number of nitriles is 1. The number of rotatable bonds is 0. The fourth-order valence-electron chi connectivity index (χ4n) is 0.749. The lowest BCUT2D eigenvalue weighted by Gasteiger charge is -1.95. The van der Waals surface area contributed by atoms with Gasteiger partial charge in [-0.3, -0.25) is 4.98 Å². The average Bonchev–Trinajstić information content (AvgIpc) is 2.27. The number of nitrogens with zero attached hydrogens (tertiary/aromatic N) is 2. The third-order valence-electron chi connectivity index (χ3n) is 1.36. The highest BCUT2D eigenvalue weighted by molar-refractivity contribution is 5.35. The van der Waals surface area contributed by atoms with E-state index in [4.69, 9.17) is 5.26 Å². The van der Waals surface area contributed by atoms with E-state index in [1.54, 1.807) is 12.3 Å². The van der Waals surface area contributed by atoms with Gasteiger partial charge in [-0.15, -0.1) is 0 Å². The summed E-state index contributed by atoms with van der Waals surface area (Å²) in [5, 5.41) is 8.57. The highest BCUT2D eigenvalue weighted by Crippen LogP contribution is 2.04. The molecule has 0 aliphatic rings. The van der Waals surface area contributed by atoms with Crippen LogP contribution in [0.25, 0.3) is 0 Å². The molecule has 0 bridgehead atoms. The first-order chi connectivity index (χ1) is 6.74. The fraction of sp³-hybridized carbons (Fsp3) is 0.500. The Balaban J connectivity index is 0. The van der Waals surface area contributed by atoms with E-state index in [0.717, 1.165) is 11.3 Å². The molecule has 2 heteroatoms. The minimum Gasteiger partial charge on any atom is -0.261 e. The molecule has 1 aromatic heterocycles. The Labute approximate surface area is 87.6 Å². The molecule has 0 saturated heterocycles. The molecule has 0 amide bonds. The third kappa shape index (κ3) is 5.31. The summed E-state index contributed by atoms with van der Waals surface area (Å²) in [5.41, 5.74) is 2.54.